The minimum atomic E-state index is 0.749. The zero-order valence-corrected chi connectivity index (χ0v) is 22.0. The van der Waals surface area contributed by atoms with E-state index in [4.69, 9.17) is 4.74 Å². The van der Waals surface area contributed by atoms with Gasteiger partial charge in [-0.05, 0) is 37.7 Å². The molecule has 35 heavy (non-hydrogen) atoms. The van der Waals surface area contributed by atoms with E-state index in [1.165, 1.54) is 17.5 Å². The Morgan fingerprint density at radius 1 is 0.857 bits per heavy atom. The number of aromatic amines is 1. The Bertz CT molecular complexity index is 939. The molecule has 0 fully saturated rings. The van der Waals surface area contributed by atoms with Crippen LogP contribution < -0.4 is 0 Å². The molecule has 0 aliphatic carbocycles. The van der Waals surface area contributed by atoms with Crippen LogP contribution in [0.2, 0.25) is 0 Å². The Hall–Kier alpha value is -2.52. The quantitative estimate of drug-likeness (QED) is 0.298. The molecule has 0 atom stereocenters. The van der Waals surface area contributed by atoms with Crippen molar-refractivity contribution in [2.75, 3.05) is 46.4 Å². The van der Waals surface area contributed by atoms with Gasteiger partial charge in [0.05, 0.1) is 26.3 Å². The SMILES string of the molecule is CCCN(CC)CCOCCN(C)Cc1ccc(CN(Cc2ncc[nH]2)Cc2nccn2C)cc1. The Kier molecular flexibility index (Phi) is 11.4. The number of nitrogens with zero attached hydrogens (tertiary/aromatic N) is 6. The van der Waals surface area contributed by atoms with Crippen molar-refractivity contribution in [2.45, 2.75) is 46.4 Å². The zero-order chi connectivity index (χ0) is 24.9. The molecule has 0 bridgehead atoms. The predicted molar refractivity (Wildman–Crippen MR) is 141 cm³/mol. The number of aryl methyl sites for hydroxylation is 1. The molecule has 192 valence electrons. The van der Waals surface area contributed by atoms with Gasteiger partial charge in [0.1, 0.15) is 11.6 Å². The van der Waals surface area contributed by atoms with Gasteiger partial charge in [-0.15, -0.1) is 0 Å². The van der Waals surface area contributed by atoms with Crippen molar-refractivity contribution in [1.29, 1.82) is 0 Å². The van der Waals surface area contributed by atoms with Gasteiger partial charge < -0.3 is 19.2 Å². The summed E-state index contributed by atoms with van der Waals surface area (Å²) < 4.78 is 7.95. The molecule has 0 radical (unpaired) electrons. The van der Waals surface area contributed by atoms with Gasteiger partial charge in [0, 0.05) is 58.0 Å². The van der Waals surface area contributed by atoms with Crippen LogP contribution in [0.15, 0.2) is 49.1 Å². The maximum atomic E-state index is 5.87. The maximum Gasteiger partial charge on any atom is 0.122 e. The Labute approximate surface area is 210 Å². The van der Waals surface area contributed by atoms with Gasteiger partial charge >= 0.3 is 0 Å². The van der Waals surface area contributed by atoms with E-state index < -0.39 is 0 Å². The van der Waals surface area contributed by atoms with Crippen LogP contribution in [0.25, 0.3) is 0 Å². The van der Waals surface area contributed by atoms with E-state index in [1.807, 2.05) is 25.6 Å². The summed E-state index contributed by atoms with van der Waals surface area (Å²) in [6.07, 6.45) is 8.71. The number of aromatic nitrogens is 4. The smallest absolute Gasteiger partial charge is 0.122 e. The highest BCUT2D eigenvalue weighted by molar-refractivity contribution is 5.22. The molecule has 0 spiro atoms. The number of hydrogen-bond donors (Lipinski definition) is 1. The van der Waals surface area contributed by atoms with E-state index in [0.29, 0.717) is 0 Å². The fourth-order valence-electron chi connectivity index (χ4n) is 4.17. The number of imidazole rings is 2. The summed E-state index contributed by atoms with van der Waals surface area (Å²) in [5, 5.41) is 0. The number of H-pyrrole nitrogens is 1. The van der Waals surface area contributed by atoms with Gasteiger partial charge in [0.25, 0.3) is 0 Å². The van der Waals surface area contributed by atoms with Gasteiger partial charge in [-0.2, -0.15) is 0 Å². The summed E-state index contributed by atoms with van der Waals surface area (Å²) in [6, 6.07) is 8.95. The predicted octanol–water partition coefficient (Wildman–Crippen LogP) is 3.53. The summed E-state index contributed by atoms with van der Waals surface area (Å²) in [6.45, 7) is 13.5. The third-order valence-electron chi connectivity index (χ3n) is 6.25. The summed E-state index contributed by atoms with van der Waals surface area (Å²) in [5.74, 6) is 2.01. The molecule has 0 aliphatic heterocycles. The standard InChI is InChI=1S/C27H43N7O/c1-5-14-33(6-2)17-19-35-18-16-31(3)20-24-7-9-25(10-8-24)21-34(22-26-28-11-12-29-26)23-27-30-13-15-32(27)4/h7-13,15H,5-6,14,16-23H2,1-4H3,(H,28,29). The fourth-order valence-corrected chi connectivity index (χ4v) is 4.17. The lowest BCUT2D eigenvalue weighted by Crippen LogP contribution is -2.29. The van der Waals surface area contributed by atoms with Crippen molar-refractivity contribution in [3.63, 3.8) is 0 Å². The monoisotopic (exact) mass is 481 g/mol. The molecule has 8 nitrogen and oxygen atoms in total. The Morgan fingerprint density at radius 3 is 2.23 bits per heavy atom. The van der Waals surface area contributed by atoms with Crippen LogP contribution in [0.5, 0.6) is 0 Å². The second-order valence-electron chi connectivity index (χ2n) is 9.24. The van der Waals surface area contributed by atoms with Crippen LogP contribution in [0, 0.1) is 0 Å². The lowest BCUT2D eigenvalue weighted by Gasteiger charge is -2.22. The molecule has 1 N–H and O–H groups in total. The average molecular weight is 482 g/mol. The van der Waals surface area contributed by atoms with Crippen molar-refractivity contribution in [3.05, 3.63) is 71.8 Å². The molecular formula is C27H43N7O. The second-order valence-corrected chi connectivity index (χ2v) is 9.24. The summed E-state index contributed by atoms with van der Waals surface area (Å²) in [7, 11) is 4.20. The van der Waals surface area contributed by atoms with Crippen LogP contribution in [0.3, 0.4) is 0 Å². The van der Waals surface area contributed by atoms with E-state index in [1.54, 1.807) is 6.20 Å². The van der Waals surface area contributed by atoms with E-state index in [9.17, 15) is 0 Å². The molecule has 0 unspecified atom stereocenters. The maximum absolute atomic E-state index is 5.87. The molecule has 0 aliphatic rings. The van der Waals surface area contributed by atoms with E-state index in [-0.39, 0.29) is 0 Å². The van der Waals surface area contributed by atoms with Gasteiger partial charge in [-0.1, -0.05) is 38.1 Å². The third kappa shape index (κ3) is 9.57. The molecule has 0 saturated heterocycles. The average Bonchev–Trinajstić information content (AvgIpc) is 3.51. The molecule has 0 saturated carbocycles. The minimum absolute atomic E-state index is 0.749. The highest BCUT2D eigenvalue weighted by atomic mass is 16.5. The number of hydrogen-bond acceptors (Lipinski definition) is 6. The van der Waals surface area contributed by atoms with Gasteiger partial charge in [-0.25, -0.2) is 9.97 Å². The highest BCUT2D eigenvalue weighted by Gasteiger charge is 2.12. The van der Waals surface area contributed by atoms with E-state index in [2.05, 4.69) is 79.4 Å². The largest absolute Gasteiger partial charge is 0.379 e. The van der Waals surface area contributed by atoms with E-state index >= 15 is 0 Å². The Balaban J connectivity index is 1.44. The minimum Gasteiger partial charge on any atom is -0.379 e. The molecule has 0 amide bonds. The lowest BCUT2D eigenvalue weighted by atomic mass is 10.1. The zero-order valence-electron chi connectivity index (χ0n) is 22.0. The Morgan fingerprint density at radius 2 is 1.60 bits per heavy atom. The van der Waals surface area contributed by atoms with Crippen molar-refractivity contribution < 1.29 is 4.74 Å². The summed E-state index contributed by atoms with van der Waals surface area (Å²) >= 11 is 0. The van der Waals surface area contributed by atoms with Crippen LogP contribution in [0.4, 0.5) is 0 Å². The van der Waals surface area contributed by atoms with Crippen LogP contribution in [-0.2, 0) is 38.0 Å². The topological polar surface area (TPSA) is 65.5 Å². The normalized spacial score (nSPS) is 11.9. The van der Waals surface area contributed by atoms with Gasteiger partial charge in [-0.3, -0.25) is 9.80 Å². The van der Waals surface area contributed by atoms with Crippen LogP contribution in [0.1, 0.15) is 43.0 Å². The summed E-state index contributed by atoms with van der Waals surface area (Å²) in [4.78, 5) is 19.3. The van der Waals surface area contributed by atoms with E-state index in [0.717, 1.165) is 77.2 Å². The molecule has 8 heteroatoms. The molecule has 2 heterocycles. The first-order valence-corrected chi connectivity index (χ1v) is 12.8. The van der Waals surface area contributed by atoms with Crippen molar-refractivity contribution in [3.8, 4) is 0 Å². The highest BCUT2D eigenvalue weighted by Crippen LogP contribution is 2.13. The molecular weight excluding hydrogens is 438 g/mol. The van der Waals surface area contributed by atoms with Gasteiger partial charge in [0.15, 0.2) is 0 Å². The first-order chi connectivity index (χ1) is 17.1. The second kappa shape index (κ2) is 14.8. The fraction of sp³-hybridized carbons (Fsp3) is 0.556. The van der Waals surface area contributed by atoms with Crippen LogP contribution in [-0.4, -0.2) is 80.7 Å². The van der Waals surface area contributed by atoms with Gasteiger partial charge in [0.2, 0.25) is 0 Å². The number of ether oxygens (including phenoxy) is 1. The lowest BCUT2D eigenvalue weighted by molar-refractivity contribution is 0.0882. The number of benzene rings is 1. The van der Waals surface area contributed by atoms with Crippen LogP contribution >= 0.6 is 0 Å². The van der Waals surface area contributed by atoms with Crippen molar-refractivity contribution in [1.82, 2.24) is 34.2 Å². The number of rotatable bonds is 17. The third-order valence-corrected chi connectivity index (χ3v) is 6.25. The van der Waals surface area contributed by atoms with Crippen molar-refractivity contribution in [2.24, 2.45) is 7.05 Å². The first-order valence-electron chi connectivity index (χ1n) is 12.8. The molecule has 1 aromatic carbocycles. The first kappa shape index (κ1) is 27.1. The number of likely N-dealkylation sites (N-methyl/N-ethyl adjacent to an activating group) is 2. The number of nitrogens with one attached hydrogen (secondary N) is 1. The summed E-state index contributed by atoms with van der Waals surface area (Å²) in [5.41, 5.74) is 2.60. The molecule has 3 rings (SSSR count). The molecule has 2 aromatic heterocycles. The van der Waals surface area contributed by atoms with Crippen molar-refractivity contribution >= 4 is 0 Å². The molecule has 3 aromatic rings.